The second-order valence-corrected chi connectivity index (χ2v) is 3.44. The van der Waals surface area contributed by atoms with Gasteiger partial charge in [-0.05, 0) is 24.7 Å². The number of hydrogen-bond acceptors (Lipinski definition) is 2. The first-order valence-electron chi connectivity index (χ1n) is 4.28. The Balaban J connectivity index is 2.87. The smallest absolute Gasteiger partial charge is 0.312 e. The molecule has 1 aromatic rings. The molecule has 0 aliphatic heterocycles. The van der Waals surface area contributed by atoms with E-state index >= 15 is 0 Å². The number of benzene rings is 1. The maximum atomic E-state index is 10.9. The molecule has 0 heterocycles. The van der Waals surface area contributed by atoms with E-state index in [0.717, 1.165) is 5.56 Å². The summed E-state index contributed by atoms with van der Waals surface area (Å²) in [5.74, 6) is -1.35. The van der Waals surface area contributed by atoms with Crippen molar-refractivity contribution in [3.8, 4) is 0 Å². The zero-order chi connectivity index (χ0) is 10.6. The zero-order valence-corrected chi connectivity index (χ0v) is 8.58. The number of hydrogen-bond donors (Lipinski definition) is 2. The van der Waals surface area contributed by atoms with Gasteiger partial charge in [-0.1, -0.05) is 23.7 Å². The molecule has 0 radical (unpaired) electrons. The Morgan fingerprint density at radius 3 is 2.50 bits per heavy atom. The van der Waals surface area contributed by atoms with Crippen LogP contribution in [0, 0.1) is 0 Å². The first-order chi connectivity index (χ1) is 6.65. The van der Waals surface area contributed by atoms with Gasteiger partial charge < -0.3 is 10.4 Å². The Labute approximate surface area is 87.7 Å². The summed E-state index contributed by atoms with van der Waals surface area (Å²) < 4.78 is 0. The minimum atomic E-state index is -0.832. The number of carboxylic acid groups (broad SMARTS) is 1. The standard InChI is InChI=1S/C10H12ClNO2/c1-12-6-9(10(13)14)7-2-4-8(11)5-3-7/h2-5,9,12H,6H2,1H3,(H,13,14). The molecule has 0 saturated heterocycles. The van der Waals surface area contributed by atoms with Crippen LogP contribution in [-0.2, 0) is 4.79 Å². The third-order valence-corrected chi connectivity index (χ3v) is 2.23. The van der Waals surface area contributed by atoms with Crippen molar-refractivity contribution in [3.63, 3.8) is 0 Å². The predicted molar refractivity (Wildman–Crippen MR) is 55.8 cm³/mol. The molecule has 0 fully saturated rings. The Hall–Kier alpha value is -1.06. The van der Waals surface area contributed by atoms with E-state index in [1.165, 1.54) is 0 Å². The topological polar surface area (TPSA) is 49.3 Å². The van der Waals surface area contributed by atoms with Crippen molar-refractivity contribution in [1.29, 1.82) is 0 Å². The van der Waals surface area contributed by atoms with Gasteiger partial charge in [-0.2, -0.15) is 0 Å². The summed E-state index contributed by atoms with van der Waals surface area (Å²) in [7, 11) is 1.73. The maximum absolute atomic E-state index is 10.9. The fraction of sp³-hybridized carbons (Fsp3) is 0.300. The summed E-state index contributed by atoms with van der Waals surface area (Å²) in [4.78, 5) is 10.9. The molecule has 0 spiro atoms. The summed E-state index contributed by atoms with van der Waals surface area (Å²) in [5.41, 5.74) is 0.760. The van der Waals surface area contributed by atoms with Crippen molar-refractivity contribution in [2.75, 3.05) is 13.6 Å². The van der Waals surface area contributed by atoms with Gasteiger partial charge in [0.25, 0.3) is 0 Å². The van der Waals surface area contributed by atoms with Crippen molar-refractivity contribution >= 4 is 17.6 Å². The van der Waals surface area contributed by atoms with Gasteiger partial charge in [0.05, 0.1) is 5.92 Å². The van der Waals surface area contributed by atoms with E-state index in [1.807, 2.05) is 0 Å². The van der Waals surface area contributed by atoms with E-state index in [-0.39, 0.29) is 0 Å². The van der Waals surface area contributed by atoms with Crippen molar-refractivity contribution in [3.05, 3.63) is 34.9 Å². The van der Waals surface area contributed by atoms with Crippen LogP contribution in [0.1, 0.15) is 11.5 Å². The number of nitrogens with one attached hydrogen (secondary N) is 1. The monoisotopic (exact) mass is 213 g/mol. The van der Waals surface area contributed by atoms with Crippen molar-refractivity contribution in [1.82, 2.24) is 5.32 Å². The summed E-state index contributed by atoms with van der Waals surface area (Å²) in [6.45, 7) is 0.414. The van der Waals surface area contributed by atoms with E-state index in [1.54, 1.807) is 31.3 Å². The highest BCUT2D eigenvalue weighted by atomic mass is 35.5. The van der Waals surface area contributed by atoms with Gasteiger partial charge >= 0.3 is 5.97 Å². The lowest BCUT2D eigenvalue weighted by atomic mass is 9.99. The molecule has 0 amide bonds. The van der Waals surface area contributed by atoms with Crippen LogP contribution in [0.4, 0.5) is 0 Å². The maximum Gasteiger partial charge on any atom is 0.312 e. The van der Waals surface area contributed by atoms with Gasteiger partial charge in [-0.25, -0.2) is 0 Å². The molecule has 4 heteroatoms. The molecule has 1 atom stereocenters. The van der Waals surface area contributed by atoms with Crippen molar-refractivity contribution < 1.29 is 9.90 Å². The summed E-state index contributed by atoms with van der Waals surface area (Å²) in [6.07, 6.45) is 0. The van der Waals surface area contributed by atoms with Gasteiger partial charge in [0.2, 0.25) is 0 Å². The lowest BCUT2D eigenvalue weighted by Crippen LogP contribution is -2.23. The predicted octanol–water partition coefficient (Wildman–Crippen LogP) is 1.73. The lowest BCUT2D eigenvalue weighted by Gasteiger charge is -2.11. The van der Waals surface area contributed by atoms with Gasteiger partial charge in [-0.3, -0.25) is 4.79 Å². The number of likely N-dealkylation sites (N-methyl/N-ethyl adjacent to an activating group) is 1. The van der Waals surface area contributed by atoms with Gasteiger partial charge in [0.1, 0.15) is 0 Å². The molecule has 1 rings (SSSR count). The normalized spacial score (nSPS) is 12.4. The summed E-state index contributed by atoms with van der Waals surface area (Å²) in [6, 6.07) is 6.86. The zero-order valence-electron chi connectivity index (χ0n) is 7.83. The largest absolute Gasteiger partial charge is 0.481 e. The quantitative estimate of drug-likeness (QED) is 0.801. The van der Waals surface area contributed by atoms with Crippen LogP contribution < -0.4 is 5.32 Å². The molecule has 0 aliphatic carbocycles. The summed E-state index contributed by atoms with van der Waals surface area (Å²) >= 11 is 5.71. The Bertz CT molecular complexity index is 310. The van der Waals surface area contributed by atoms with Crippen LogP contribution in [-0.4, -0.2) is 24.7 Å². The first-order valence-corrected chi connectivity index (χ1v) is 4.66. The van der Waals surface area contributed by atoms with E-state index in [9.17, 15) is 4.79 Å². The third-order valence-electron chi connectivity index (χ3n) is 1.98. The van der Waals surface area contributed by atoms with E-state index in [4.69, 9.17) is 16.7 Å². The van der Waals surface area contributed by atoms with E-state index in [2.05, 4.69) is 5.32 Å². The van der Waals surface area contributed by atoms with E-state index in [0.29, 0.717) is 11.6 Å². The van der Waals surface area contributed by atoms with Crippen LogP contribution in [0.25, 0.3) is 0 Å². The highest BCUT2D eigenvalue weighted by molar-refractivity contribution is 6.30. The van der Waals surface area contributed by atoms with E-state index < -0.39 is 11.9 Å². The Morgan fingerprint density at radius 1 is 1.50 bits per heavy atom. The average Bonchev–Trinajstić information content (AvgIpc) is 2.15. The minimum absolute atomic E-state index is 0.414. The molecular formula is C10H12ClNO2. The van der Waals surface area contributed by atoms with Gasteiger partial charge in [0, 0.05) is 11.6 Å². The Morgan fingerprint density at radius 2 is 2.07 bits per heavy atom. The lowest BCUT2D eigenvalue weighted by molar-refractivity contribution is -0.138. The van der Waals surface area contributed by atoms with Crippen LogP contribution in [0.3, 0.4) is 0 Å². The fourth-order valence-corrected chi connectivity index (χ4v) is 1.37. The Kier molecular flexibility index (Phi) is 3.92. The average molecular weight is 214 g/mol. The highest BCUT2D eigenvalue weighted by Gasteiger charge is 2.18. The number of carboxylic acids is 1. The summed E-state index contributed by atoms with van der Waals surface area (Å²) in [5, 5.41) is 12.4. The second kappa shape index (κ2) is 4.98. The molecule has 1 unspecified atom stereocenters. The van der Waals surface area contributed by atoms with Gasteiger partial charge in [0.15, 0.2) is 0 Å². The van der Waals surface area contributed by atoms with Gasteiger partial charge in [-0.15, -0.1) is 0 Å². The molecule has 3 nitrogen and oxygen atoms in total. The fourth-order valence-electron chi connectivity index (χ4n) is 1.25. The molecule has 0 aromatic heterocycles. The molecule has 14 heavy (non-hydrogen) atoms. The van der Waals surface area contributed by atoms with Crippen LogP contribution in [0.15, 0.2) is 24.3 Å². The number of aliphatic carboxylic acids is 1. The molecule has 0 aliphatic rings. The second-order valence-electron chi connectivity index (χ2n) is 3.00. The third kappa shape index (κ3) is 2.72. The molecule has 2 N–H and O–H groups in total. The number of carbonyl (C=O) groups is 1. The molecule has 0 bridgehead atoms. The minimum Gasteiger partial charge on any atom is -0.481 e. The molecule has 76 valence electrons. The number of halogens is 1. The van der Waals surface area contributed by atoms with Crippen LogP contribution in [0.2, 0.25) is 5.02 Å². The van der Waals surface area contributed by atoms with Crippen molar-refractivity contribution in [2.24, 2.45) is 0 Å². The molecular weight excluding hydrogens is 202 g/mol. The van der Waals surface area contributed by atoms with Crippen molar-refractivity contribution in [2.45, 2.75) is 5.92 Å². The van der Waals surface area contributed by atoms with Crippen LogP contribution >= 0.6 is 11.6 Å². The molecule has 1 aromatic carbocycles. The molecule has 0 saturated carbocycles. The van der Waals surface area contributed by atoms with Crippen LogP contribution in [0.5, 0.6) is 0 Å². The SMILES string of the molecule is CNCC(C(=O)O)c1ccc(Cl)cc1. The first kappa shape index (κ1) is 11.0. The highest BCUT2D eigenvalue weighted by Crippen LogP contribution is 2.18. The number of rotatable bonds is 4.